The molecule has 3 atom stereocenters. The molecule has 1 aliphatic carbocycles. The molecule has 1 aliphatic rings. The third-order valence-electron chi connectivity index (χ3n) is 3.98. The van der Waals surface area contributed by atoms with Gasteiger partial charge >= 0.3 is 24.6 Å². The monoisotopic (exact) mass is 456 g/mol. The normalized spacial score (nSPS) is 21.7. The van der Waals surface area contributed by atoms with Crippen LogP contribution in [0.3, 0.4) is 0 Å². The van der Waals surface area contributed by atoms with Crippen LogP contribution in [0.4, 0.5) is 5.82 Å². The molecule has 154 valence electrons. The van der Waals surface area contributed by atoms with Gasteiger partial charge in [-0.3, -0.25) is 0 Å². The van der Waals surface area contributed by atoms with Gasteiger partial charge < -0.3 is 25.0 Å². The minimum atomic E-state index is -5.06. The number of fused-ring (bicyclic) bond motifs is 1. The second-order valence-electron chi connectivity index (χ2n) is 5.78. The number of nitrogen functional groups attached to an aromatic ring is 1. The molecule has 17 heteroatoms. The summed E-state index contributed by atoms with van der Waals surface area (Å²) in [5.41, 5.74) is 7.45. The highest BCUT2D eigenvalue weighted by molar-refractivity contribution is 7.66. The number of aromatic nitrogens is 4. The molecule has 0 aliphatic heterocycles. The standard InChI is InChI=1S/C11H16N5O9P3/c1-6-7(3-23-28(21,22)25-26(17)24-27(18,19)20)2-8(6)16-5-15-9-10(12)13-4-14-11(9)16/h4-5,7-8,17,21-22H,1-3H2,(H3-,12,13,14,18,19,20)/p+1/t7-,8-,26?/m0/s1. The number of imidazole rings is 1. The summed E-state index contributed by atoms with van der Waals surface area (Å²) in [4.78, 5) is 57.7. The summed E-state index contributed by atoms with van der Waals surface area (Å²) in [7, 11) is -12.9. The Hall–Kier alpha value is -1.14. The van der Waals surface area contributed by atoms with E-state index in [9.17, 15) is 19.2 Å². The molecular weight excluding hydrogens is 439 g/mol. The van der Waals surface area contributed by atoms with Crippen molar-refractivity contribution in [2.75, 3.05) is 12.3 Å². The van der Waals surface area contributed by atoms with E-state index >= 15 is 0 Å². The maximum atomic E-state index is 10.6. The van der Waals surface area contributed by atoms with E-state index in [1.807, 2.05) is 0 Å². The summed E-state index contributed by atoms with van der Waals surface area (Å²) in [6.07, 6.45) is 3.39. The molecular formula is C11H17N5O9P3+. The van der Waals surface area contributed by atoms with Gasteiger partial charge in [-0.1, -0.05) is 10.9 Å². The summed E-state index contributed by atoms with van der Waals surface area (Å²) in [6, 6.07) is -0.160. The molecule has 1 unspecified atom stereocenters. The first-order valence-electron chi connectivity index (χ1n) is 7.51. The van der Waals surface area contributed by atoms with E-state index in [-0.39, 0.29) is 24.4 Å². The van der Waals surface area contributed by atoms with Gasteiger partial charge in [0.1, 0.15) is 18.5 Å². The van der Waals surface area contributed by atoms with Crippen molar-refractivity contribution in [3.05, 3.63) is 24.8 Å². The molecule has 2 heterocycles. The van der Waals surface area contributed by atoms with E-state index in [1.54, 1.807) is 10.9 Å². The number of nitrogens with zero attached hydrogens (tertiary/aromatic N) is 4. The smallest absolute Gasteiger partial charge is 0.382 e. The Morgan fingerprint density at radius 2 is 2.11 bits per heavy atom. The number of rotatable bonds is 8. The largest absolute Gasteiger partial charge is 0.578 e. The molecule has 2 aromatic heterocycles. The van der Waals surface area contributed by atoms with Crippen LogP contribution in [0.5, 0.6) is 0 Å². The first kappa shape index (κ1) is 21.6. The Bertz CT molecular complexity index is 934. The Morgan fingerprint density at radius 1 is 1.39 bits per heavy atom. The summed E-state index contributed by atoms with van der Waals surface area (Å²) in [5, 5.41) is 0. The highest BCUT2D eigenvalue weighted by Crippen LogP contribution is 2.66. The van der Waals surface area contributed by atoms with Crippen molar-refractivity contribution < 1.29 is 42.2 Å². The van der Waals surface area contributed by atoms with E-state index in [0.29, 0.717) is 23.2 Å². The lowest BCUT2D eigenvalue weighted by molar-refractivity contribution is 0.121. The van der Waals surface area contributed by atoms with Crippen LogP contribution in [0.2, 0.25) is 0 Å². The maximum Gasteiger partial charge on any atom is 0.578 e. The van der Waals surface area contributed by atoms with Gasteiger partial charge in [-0.15, -0.1) is 0 Å². The first-order chi connectivity index (χ1) is 13.0. The van der Waals surface area contributed by atoms with Crippen molar-refractivity contribution in [1.82, 2.24) is 19.5 Å². The summed E-state index contributed by atoms with van der Waals surface area (Å²) >= 11 is 0. The fourth-order valence-electron chi connectivity index (χ4n) is 2.66. The minimum Gasteiger partial charge on any atom is -0.382 e. The zero-order valence-corrected chi connectivity index (χ0v) is 16.7. The molecule has 0 spiro atoms. The number of hydrogen-bond acceptors (Lipinski definition) is 11. The zero-order chi connectivity index (χ0) is 20.7. The molecule has 3 rings (SSSR count). The van der Waals surface area contributed by atoms with Crippen LogP contribution in [-0.4, -0.2) is 50.6 Å². The van der Waals surface area contributed by atoms with Crippen molar-refractivity contribution in [1.29, 1.82) is 0 Å². The van der Waals surface area contributed by atoms with Crippen LogP contribution in [0, 0.1) is 5.92 Å². The number of nitrogens with two attached hydrogens (primary N) is 1. The van der Waals surface area contributed by atoms with Gasteiger partial charge in [0.25, 0.3) is 0 Å². The van der Waals surface area contributed by atoms with Crippen LogP contribution < -0.4 is 5.73 Å². The van der Waals surface area contributed by atoms with E-state index in [0.717, 1.165) is 0 Å². The van der Waals surface area contributed by atoms with E-state index in [1.165, 1.54) is 6.33 Å². The number of anilines is 1. The van der Waals surface area contributed by atoms with Crippen LogP contribution in [0.25, 0.3) is 11.2 Å². The maximum absolute atomic E-state index is 10.6. The van der Waals surface area contributed by atoms with Crippen molar-refractivity contribution in [3.8, 4) is 0 Å². The molecule has 2 aromatic rings. The Kier molecular flexibility index (Phi) is 6.12. The molecule has 14 nitrogen and oxygen atoms in total. The van der Waals surface area contributed by atoms with Crippen LogP contribution in [0.1, 0.15) is 12.5 Å². The molecule has 0 bridgehead atoms. The molecule has 28 heavy (non-hydrogen) atoms. The van der Waals surface area contributed by atoms with E-state index < -0.39 is 24.6 Å². The summed E-state index contributed by atoms with van der Waals surface area (Å²) in [6.45, 7) is 3.74. The van der Waals surface area contributed by atoms with Gasteiger partial charge in [-0.2, -0.15) is 14.3 Å². The third-order valence-corrected chi connectivity index (χ3v) is 7.28. The highest BCUT2D eigenvalue weighted by atomic mass is 31.3. The van der Waals surface area contributed by atoms with Crippen molar-refractivity contribution in [2.45, 2.75) is 12.5 Å². The predicted octanol–water partition coefficient (Wildman–Crippen LogP) is 0.550. The molecule has 1 saturated carbocycles. The van der Waals surface area contributed by atoms with E-state index in [2.05, 4.69) is 30.2 Å². The second kappa shape index (κ2) is 7.94. The lowest BCUT2D eigenvalue weighted by Gasteiger charge is -2.38. The van der Waals surface area contributed by atoms with Gasteiger partial charge in [0, 0.05) is 5.92 Å². The number of phosphoric acid groups is 1. The van der Waals surface area contributed by atoms with Gasteiger partial charge in [0.05, 0.1) is 12.4 Å². The average molecular weight is 456 g/mol. The van der Waals surface area contributed by atoms with Crippen LogP contribution in [0.15, 0.2) is 24.8 Å². The van der Waals surface area contributed by atoms with Gasteiger partial charge in [-0.05, 0) is 12.0 Å². The highest BCUT2D eigenvalue weighted by Gasteiger charge is 2.48. The predicted molar refractivity (Wildman–Crippen MR) is 96.7 cm³/mol. The van der Waals surface area contributed by atoms with Crippen LogP contribution in [-0.2, 0) is 17.7 Å². The van der Waals surface area contributed by atoms with Crippen molar-refractivity contribution >= 4 is 41.6 Å². The quantitative estimate of drug-likeness (QED) is 0.237. The Labute approximate surface area is 159 Å². The van der Waals surface area contributed by atoms with Crippen LogP contribution >= 0.6 is 24.6 Å². The van der Waals surface area contributed by atoms with Gasteiger partial charge in [0.15, 0.2) is 11.5 Å². The number of hydrogen-bond donors (Lipinski definition) is 6. The second-order valence-corrected chi connectivity index (χ2v) is 9.79. The molecule has 0 amide bonds. The zero-order valence-electron chi connectivity index (χ0n) is 14.0. The lowest BCUT2D eigenvalue weighted by Crippen LogP contribution is -2.32. The van der Waals surface area contributed by atoms with Crippen molar-refractivity contribution in [3.63, 3.8) is 0 Å². The Morgan fingerprint density at radius 3 is 2.75 bits per heavy atom. The third kappa shape index (κ3) is 4.88. The average Bonchev–Trinajstić information content (AvgIpc) is 2.96. The topological polar surface area (TPSA) is 216 Å². The minimum absolute atomic E-state index is 0.160. The lowest BCUT2D eigenvalue weighted by atomic mass is 9.76. The van der Waals surface area contributed by atoms with Crippen molar-refractivity contribution in [2.24, 2.45) is 5.92 Å². The SMILES string of the molecule is C=C1[C@H](CO[P+](O)(O)OP(O)OP(=O)(O)O)C[C@@H]1n1cnc2c(N)ncnc21. The van der Waals surface area contributed by atoms with Gasteiger partial charge in [0.2, 0.25) is 0 Å². The summed E-state index contributed by atoms with van der Waals surface area (Å²) < 4.78 is 25.3. The molecule has 7 N–H and O–H groups in total. The molecule has 0 radical (unpaired) electrons. The fraction of sp³-hybridized carbons (Fsp3) is 0.364. The molecule has 0 saturated heterocycles. The summed E-state index contributed by atoms with van der Waals surface area (Å²) in [5.74, 6) is -0.0181. The van der Waals surface area contributed by atoms with Gasteiger partial charge in [-0.25, -0.2) is 23.8 Å². The molecule has 1 fully saturated rings. The molecule has 0 aromatic carbocycles. The fourth-order valence-corrected chi connectivity index (χ4v) is 5.06. The van der Waals surface area contributed by atoms with E-state index in [4.69, 9.17) is 20.0 Å². The Balaban J connectivity index is 1.56. The first-order valence-corrected chi connectivity index (χ1v) is 11.7.